The van der Waals surface area contributed by atoms with Crippen LogP contribution >= 0.6 is 38.9 Å². The average Bonchev–Trinajstić information content (AvgIpc) is 3.31. The summed E-state index contributed by atoms with van der Waals surface area (Å²) in [4.78, 5) is 18.6. The highest BCUT2D eigenvalue weighted by molar-refractivity contribution is 9.11. The summed E-state index contributed by atoms with van der Waals surface area (Å²) < 4.78 is 1.18. The summed E-state index contributed by atoms with van der Waals surface area (Å²) >= 11 is 11.6. The van der Waals surface area contributed by atoms with Crippen LogP contribution in [0.15, 0.2) is 40.2 Å². The quantitative estimate of drug-likeness (QED) is 0.694. The van der Waals surface area contributed by atoms with Gasteiger partial charge in [-0.2, -0.15) is 0 Å². The maximum atomic E-state index is 12.8. The van der Waals surface area contributed by atoms with Crippen LogP contribution in [0.25, 0.3) is 0 Å². The van der Waals surface area contributed by atoms with E-state index in [4.69, 9.17) is 11.6 Å². The van der Waals surface area contributed by atoms with Crippen molar-refractivity contribution in [3.05, 3.63) is 55.6 Å². The number of hydrogen-bond acceptors (Lipinski definition) is 3. The van der Waals surface area contributed by atoms with E-state index in [1.807, 2.05) is 23.1 Å². The molecular weight excluding hydrogens is 420 g/mol. The maximum absolute atomic E-state index is 12.8. The Hall–Kier alpha value is -0.880. The van der Waals surface area contributed by atoms with Crippen LogP contribution in [0.5, 0.6) is 0 Å². The molecule has 2 aliphatic rings. The Morgan fingerprint density at radius 2 is 1.92 bits per heavy atom. The Bertz CT molecular complexity index is 772. The van der Waals surface area contributed by atoms with E-state index in [1.165, 1.54) is 8.66 Å². The predicted octanol–water partition coefficient (Wildman–Crippen LogP) is 4.61. The van der Waals surface area contributed by atoms with Gasteiger partial charge in [0.15, 0.2) is 0 Å². The molecule has 0 bridgehead atoms. The Balaban J connectivity index is 1.30. The molecule has 1 aromatic carbocycles. The predicted molar refractivity (Wildman–Crippen MR) is 106 cm³/mol. The minimum absolute atomic E-state index is 0.125. The number of halogens is 2. The van der Waals surface area contributed by atoms with E-state index in [9.17, 15) is 4.79 Å². The fourth-order valence-corrected chi connectivity index (χ4v) is 5.41. The first-order chi connectivity index (χ1) is 12.1. The largest absolute Gasteiger partial charge is 0.340 e. The lowest BCUT2D eigenvalue weighted by atomic mass is 10.1. The van der Waals surface area contributed by atoms with Gasteiger partial charge in [-0.3, -0.25) is 9.69 Å². The molecule has 2 atom stereocenters. The monoisotopic (exact) mass is 438 g/mol. The minimum Gasteiger partial charge on any atom is -0.340 e. The molecule has 2 unspecified atom stereocenters. The minimum atomic E-state index is 0.125. The van der Waals surface area contributed by atoms with Crippen molar-refractivity contribution in [2.24, 2.45) is 5.92 Å². The first kappa shape index (κ1) is 17.5. The number of nitrogens with zero attached hydrogens (tertiary/aromatic N) is 2. The Labute approximate surface area is 165 Å². The molecule has 6 heteroatoms. The van der Waals surface area contributed by atoms with Crippen LogP contribution in [0.2, 0.25) is 5.02 Å². The highest BCUT2D eigenvalue weighted by atomic mass is 79.9. The molecule has 4 rings (SSSR count). The van der Waals surface area contributed by atoms with E-state index < -0.39 is 0 Å². The second-order valence-corrected chi connectivity index (χ2v) is 9.73. The van der Waals surface area contributed by atoms with Crippen molar-refractivity contribution in [3.8, 4) is 0 Å². The molecule has 2 aromatic rings. The van der Waals surface area contributed by atoms with Gasteiger partial charge >= 0.3 is 0 Å². The number of carbonyl (C=O) groups excluding carboxylic acids is 1. The van der Waals surface area contributed by atoms with E-state index in [-0.39, 0.29) is 5.92 Å². The zero-order valence-electron chi connectivity index (χ0n) is 13.8. The van der Waals surface area contributed by atoms with Gasteiger partial charge in [0.25, 0.3) is 0 Å². The average molecular weight is 440 g/mol. The van der Waals surface area contributed by atoms with Crippen LogP contribution in [0.1, 0.15) is 22.8 Å². The molecule has 25 heavy (non-hydrogen) atoms. The van der Waals surface area contributed by atoms with Crippen LogP contribution in [-0.2, 0) is 11.3 Å². The van der Waals surface area contributed by atoms with Crippen LogP contribution in [0.3, 0.4) is 0 Å². The molecule has 3 nitrogen and oxygen atoms in total. The van der Waals surface area contributed by atoms with Crippen LogP contribution in [0.4, 0.5) is 0 Å². The van der Waals surface area contributed by atoms with Crippen molar-refractivity contribution in [3.63, 3.8) is 0 Å². The van der Waals surface area contributed by atoms with Gasteiger partial charge in [0, 0.05) is 48.5 Å². The zero-order valence-corrected chi connectivity index (χ0v) is 17.0. The Kier molecular flexibility index (Phi) is 5.18. The van der Waals surface area contributed by atoms with Crippen molar-refractivity contribution in [2.75, 3.05) is 26.2 Å². The third kappa shape index (κ3) is 3.95. The summed E-state index contributed by atoms with van der Waals surface area (Å²) in [6.07, 6.45) is 0.937. The first-order valence-electron chi connectivity index (χ1n) is 8.61. The highest BCUT2D eigenvalue weighted by Crippen LogP contribution is 2.50. The molecule has 0 N–H and O–H groups in total. The number of carbonyl (C=O) groups is 1. The molecule has 132 valence electrons. The molecule has 1 saturated carbocycles. The summed E-state index contributed by atoms with van der Waals surface area (Å²) in [7, 11) is 0. The lowest BCUT2D eigenvalue weighted by Gasteiger charge is -2.34. The normalized spacial score (nSPS) is 23.7. The van der Waals surface area contributed by atoms with E-state index in [2.05, 4.69) is 39.0 Å². The number of thiophene rings is 1. The highest BCUT2D eigenvalue weighted by Gasteiger charge is 2.46. The van der Waals surface area contributed by atoms with Gasteiger partial charge in [0.2, 0.25) is 5.91 Å². The van der Waals surface area contributed by atoms with E-state index in [0.717, 1.165) is 49.7 Å². The summed E-state index contributed by atoms with van der Waals surface area (Å²) in [5.41, 5.74) is 1.13. The van der Waals surface area contributed by atoms with Crippen molar-refractivity contribution in [2.45, 2.75) is 18.9 Å². The molecule has 1 aliphatic heterocycles. The van der Waals surface area contributed by atoms with Crippen molar-refractivity contribution in [1.29, 1.82) is 0 Å². The molecule has 0 radical (unpaired) electrons. The second-order valence-electron chi connectivity index (χ2n) is 6.78. The number of rotatable bonds is 4. The van der Waals surface area contributed by atoms with Gasteiger partial charge in [-0.15, -0.1) is 11.3 Å². The number of amides is 1. The molecule has 2 fully saturated rings. The molecular formula is C19H20BrClN2OS. The first-order valence-corrected chi connectivity index (χ1v) is 10.6. The maximum Gasteiger partial charge on any atom is 0.226 e. The summed E-state index contributed by atoms with van der Waals surface area (Å²) in [5, 5.41) is 0.787. The fourth-order valence-electron chi connectivity index (χ4n) is 3.61. The third-order valence-corrected chi connectivity index (χ3v) is 7.06. The van der Waals surface area contributed by atoms with Gasteiger partial charge in [0.1, 0.15) is 0 Å². The summed E-state index contributed by atoms with van der Waals surface area (Å²) in [5.74, 6) is 0.742. The topological polar surface area (TPSA) is 23.6 Å². The number of piperazine rings is 1. The van der Waals surface area contributed by atoms with E-state index >= 15 is 0 Å². The van der Waals surface area contributed by atoms with E-state index in [1.54, 1.807) is 11.3 Å². The Morgan fingerprint density at radius 1 is 1.16 bits per heavy atom. The van der Waals surface area contributed by atoms with Crippen LogP contribution in [-0.4, -0.2) is 41.9 Å². The molecule has 1 saturated heterocycles. The Morgan fingerprint density at radius 3 is 2.60 bits per heavy atom. The smallest absolute Gasteiger partial charge is 0.226 e. The molecule has 1 aromatic heterocycles. The molecule has 2 heterocycles. The van der Waals surface area contributed by atoms with Crippen LogP contribution in [0, 0.1) is 5.92 Å². The van der Waals surface area contributed by atoms with Crippen molar-refractivity contribution >= 4 is 44.8 Å². The van der Waals surface area contributed by atoms with Crippen molar-refractivity contribution < 1.29 is 4.79 Å². The lowest BCUT2D eigenvalue weighted by molar-refractivity contribution is -0.134. The van der Waals surface area contributed by atoms with Gasteiger partial charge in [-0.1, -0.05) is 29.8 Å². The van der Waals surface area contributed by atoms with Gasteiger partial charge < -0.3 is 4.90 Å². The number of benzene rings is 1. The van der Waals surface area contributed by atoms with Gasteiger partial charge in [0.05, 0.1) is 3.79 Å². The zero-order chi connectivity index (χ0) is 17.4. The summed E-state index contributed by atoms with van der Waals surface area (Å²) in [6.45, 7) is 4.54. The van der Waals surface area contributed by atoms with E-state index in [0.29, 0.717) is 11.8 Å². The summed E-state index contributed by atoms with van der Waals surface area (Å²) in [6, 6.07) is 12.2. The third-order valence-electron chi connectivity index (χ3n) is 5.10. The van der Waals surface area contributed by atoms with Crippen LogP contribution < -0.4 is 0 Å². The second kappa shape index (κ2) is 7.39. The SMILES string of the molecule is O=C(C1CC1c1ccccc1Cl)N1CCN(Cc2ccc(Br)s2)CC1. The lowest BCUT2D eigenvalue weighted by Crippen LogP contribution is -2.48. The molecule has 1 amide bonds. The van der Waals surface area contributed by atoms with Gasteiger partial charge in [-0.25, -0.2) is 0 Å². The standard InChI is InChI=1S/C19H20BrClN2OS/c20-18-6-5-13(25-18)12-22-7-9-23(10-8-22)19(24)16-11-15(16)14-3-1-2-4-17(14)21/h1-6,15-16H,7-12H2. The fraction of sp³-hybridized carbons (Fsp3) is 0.421. The van der Waals surface area contributed by atoms with Gasteiger partial charge in [-0.05, 0) is 52.0 Å². The number of hydrogen-bond donors (Lipinski definition) is 0. The molecule has 1 aliphatic carbocycles. The van der Waals surface area contributed by atoms with Crippen molar-refractivity contribution in [1.82, 2.24) is 9.80 Å². The molecule has 0 spiro atoms.